The fourth-order valence-corrected chi connectivity index (χ4v) is 3.92. The first-order chi connectivity index (χ1) is 10.1. The van der Waals surface area contributed by atoms with Gasteiger partial charge in [0.1, 0.15) is 4.88 Å². The number of fused-ring (bicyclic) bond motifs is 1. The van der Waals surface area contributed by atoms with Crippen LogP contribution in [0.5, 0.6) is 0 Å². The van der Waals surface area contributed by atoms with Gasteiger partial charge < -0.3 is 15.7 Å². The zero-order chi connectivity index (χ0) is 15.0. The Balaban J connectivity index is 1.87. The fourth-order valence-electron chi connectivity index (χ4n) is 2.85. The van der Waals surface area contributed by atoms with Gasteiger partial charge in [-0.25, -0.2) is 0 Å². The molecule has 0 bridgehead atoms. The van der Waals surface area contributed by atoms with Gasteiger partial charge >= 0.3 is 0 Å². The molecule has 1 aliphatic heterocycles. The molecule has 0 aliphatic carbocycles. The molecule has 0 atom stereocenters. The average Bonchev–Trinajstić information content (AvgIpc) is 2.83. The Morgan fingerprint density at radius 1 is 1.43 bits per heavy atom. The molecule has 4 nitrogen and oxygen atoms in total. The number of nitrogens with two attached hydrogens (primary N) is 1. The molecule has 3 N–H and O–H groups in total. The number of nitrogens with zero attached hydrogens (tertiary/aromatic N) is 1. The van der Waals surface area contributed by atoms with Gasteiger partial charge in [-0.2, -0.15) is 0 Å². The first-order valence-electron chi connectivity index (χ1n) is 7.29. The van der Waals surface area contributed by atoms with E-state index in [0.717, 1.165) is 28.5 Å². The average molecular weight is 304 g/mol. The highest BCUT2D eigenvalue weighted by Gasteiger charge is 2.26. The summed E-state index contributed by atoms with van der Waals surface area (Å²) in [6, 6.07) is 6.11. The van der Waals surface area contributed by atoms with Crippen molar-refractivity contribution < 1.29 is 9.90 Å². The van der Waals surface area contributed by atoms with E-state index >= 15 is 0 Å². The standard InChI is InChI=1S/C16H20N2O2S/c1-10-2-3-13-12(8-10)14(17)15(21-13)16(20)18-6-4-11(9-19)5-7-18/h2-3,8,11,19H,4-7,9,17H2,1H3. The lowest BCUT2D eigenvalue weighted by Gasteiger charge is -2.30. The summed E-state index contributed by atoms with van der Waals surface area (Å²) in [6.07, 6.45) is 1.73. The number of benzene rings is 1. The second-order valence-electron chi connectivity index (χ2n) is 5.76. The van der Waals surface area contributed by atoms with Crippen LogP contribution < -0.4 is 5.73 Å². The maximum atomic E-state index is 12.7. The van der Waals surface area contributed by atoms with Gasteiger partial charge in [0.05, 0.1) is 5.69 Å². The van der Waals surface area contributed by atoms with Gasteiger partial charge in [-0.3, -0.25) is 4.79 Å². The van der Waals surface area contributed by atoms with E-state index in [1.54, 1.807) is 0 Å². The van der Waals surface area contributed by atoms with Crippen molar-refractivity contribution in [2.24, 2.45) is 5.92 Å². The molecule has 1 aromatic heterocycles. The SMILES string of the molecule is Cc1ccc2sc(C(=O)N3CCC(CO)CC3)c(N)c2c1. The van der Waals surface area contributed by atoms with Crippen molar-refractivity contribution in [2.45, 2.75) is 19.8 Å². The number of amides is 1. The Labute approximate surface area is 128 Å². The van der Waals surface area contributed by atoms with E-state index in [-0.39, 0.29) is 12.5 Å². The molecule has 5 heteroatoms. The topological polar surface area (TPSA) is 66.6 Å². The van der Waals surface area contributed by atoms with Gasteiger partial charge in [-0.1, -0.05) is 11.6 Å². The number of hydrogen-bond donors (Lipinski definition) is 2. The molecule has 0 unspecified atom stereocenters. The molecule has 1 fully saturated rings. The number of thiophene rings is 1. The third-order valence-electron chi connectivity index (χ3n) is 4.24. The van der Waals surface area contributed by atoms with E-state index in [1.807, 2.05) is 30.0 Å². The maximum Gasteiger partial charge on any atom is 0.266 e. The third kappa shape index (κ3) is 2.63. The third-order valence-corrected chi connectivity index (χ3v) is 5.41. The second-order valence-corrected chi connectivity index (χ2v) is 6.81. The van der Waals surface area contributed by atoms with Crippen LogP contribution in [0.2, 0.25) is 0 Å². The van der Waals surface area contributed by atoms with Crippen LogP contribution >= 0.6 is 11.3 Å². The summed E-state index contributed by atoms with van der Waals surface area (Å²) in [5, 5.41) is 10.2. The predicted octanol–water partition coefficient (Wildman–Crippen LogP) is 2.64. The Bertz CT molecular complexity index is 672. The Morgan fingerprint density at radius 3 is 2.81 bits per heavy atom. The Hall–Kier alpha value is -1.59. The molecule has 1 amide bonds. The highest BCUT2D eigenvalue weighted by atomic mass is 32.1. The molecule has 1 aromatic carbocycles. The first kappa shape index (κ1) is 14.4. The Morgan fingerprint density at radius 2 is 2.14 bits per heavy atom. The second kappa shape index (κ2) is 5.66. The van der Waals surface area contributed by atoms with Crippen LogP contribution in [0, 0.1) is 12.8 Å². The van der Waals surface area contributed by atoms with Crippen LogP contribution in [0.25, 0.3) is 10.1 Å². The minimum absolute atomic E-state index is 0.0303. The summed E-state index contributed by atoms with van der Waals surface area (Å²) in [6.45, 7) is 3.65. The molecule has 1 saturated heterocycles. The number of aryl methyl sites for hydroxylation is 1. The largest absolute Gasteiger partial charge is 0.397 e. The molecule has 0 spiro atoms. The van der Waals surface area contributed by atoms with Crippen molar-refractivity contribution in [1.82, 2.24) is 4.90 Å². The first-order valence-corrected chi connectivity index (χ1v) is 8.10. The molecule has 3 rings (SSSR count). The van der Waals surface area contributed by atoms with Crippen LogP contribution in [-0.4, -0.2) is 35.6 Å². The molecule has 1 aliphatic rings. The number of aliphatic hydroxyl groups excluding tert-OH is 1. The summed E-state index contributed by atoms with van der Waals surface area (Å²) < 4.78 is 1.06. The zero-order valence-electron chi connectivity index (χ0n) is 12.1. The van der Waals surface area contributed by atoms with Crippen molar-refractivity contribution in [1.29, 1.82) is 0 Å². The summed E-state index contributed by atoms with van der Waals surface area (Å²) in [5.74, 6) is 0.360. The highest BCUT2D eigenvalue weighted by Crippen LogP contribution is 2.35. The van der Waals surface area contributed by atoms with Crippen LogP contribution in [0.1, 0.15) is 28.1 Å². The lowest BCUT2D eigenvalue weighted by atomic mass is 9.98. The van der Waals surface area contributed by atoms with Gasteiger partial charge in [0.25, 0.3) is 5.91 Å². The summed E-state index contributed by atoms with van der Waals surface area (Å²) in [5.41, 5.74) is 7.94. The quantitative estimate of drug-likeness (QED) is 0.896. The van der Waals surface area contributed by atoms with Gasteiger partial charge in [0.2, 0.25) is 0 Å². The van der Waals surface area contributed by atoms with Crippen molar-refractivity contribution >= 4 is 33.0 Å². The molecule has 21 heavy (non-hydrogen) atoms. The molecule has 112 valence electrons. The van der Waals surface area contributed by atoms with E-state index in [1.165, 1.54) is 11.3 Å². The lowest BCUT2D eigenvalue weighted by Crippen LogP contribution is -2.39. The van der Waals surface area contributed by atoms with Crippen LogP contribution in [-0.2, 0) is 0 Å². The fraction of sp³-hybridized carbons (Fsp3) is 0.438. The van der Waals surface area contributed by atoms with Gasteiger partial charge in [-0.15, -0.1) is 11.3 Å². The van der Waals surface area contributed by atoms with E-state index in [4.69, 9.17) is 5.73 Å². The molecular weight excluding hydrogens is 284 g/mol. The molecule has 0 saturated carbocycles. The number of rotatable bonds is 2. The number of nitrogen functional groups attached to an aromatic ring is 1. The molecule has 2 heterocycles. The van der Waals surface area contributed by atoms with E-state index in [9.17, 15) is 9.90 Å². The number of carbonyl (C=O) groups excluding carboxylic acids is 1. The number of hydrogen-bond acceptors (Lipinski definition) is 4. The van der Waals surface area contributed by atoms with Gasteiger partial charge in [0, 0.05) is 29.8 Å². The molecule has 2 aromatic rings. The minimum Gasteiger partial charge on any atom is -0.397 e. The Kier molecular flexibility index (Phi) is 3.87. The van der Waals surface area contributed by atoms with E-state index in [2.05, 4.69) is 0 Å². The smallest absolute Gasteiger partial charge is 0.266 e. The monoisotopic (exact) mass is 304 g/mol. The number of piperidine rings is 1. The highest BCUT2D eigenvalue weighted by molar-refractivity contribution is 7.21. The van der Waals surface area contributed by atoms with Crippen molar-refractivity contribution in [3.8, 4) is 0 Å². The number of carbonyl (C=O) groups is 1. The van der Waals surface area contributed by atoms with Crippen LogP contribution in [0.4, 0.5) is 5.69 Å². The lowest BCUT2D eigenvalue weighted by molar-refractivity contribution is 0.0656. The van der Waals surface area contributed by atoms with E-state index < -0.39 is 0 Å². The maximum absolute atomic E-state index is 12.7. The van der Waals surface area contributed by atoms with Crippen LogP contribution in [0.15, 0.2) is 18.2 Å². The van der Waals surface area contributed by atoms with Crippen molar-refractivity contribution in [2.75, 3.05) is 25.4 Å². The van der Waals surface area contributed by atoms with E-state index in [0.29, 0.717) is 29.6 Å². The van der Waals surface area contributed by atoms with Crippen LogP contribution in [0.3, 0.4) is 0 Å². The summed E-state index contributed by atoms with van der Waals surface area (Å²) >= 11 is 1.48. The van der Waals surface area contributed by atoms with Gasteiger partial charge in [0.15, 0.2) is 0 Å². The number of anilines is 1. The van der Waals surface area contributed by atoms with Gasteiger partial charge in [-0.05, 0) is 37.8 Å². The van der Waals surface area contributed by atoms with Crippen molar-refractivity contribution in [3.05, 3.63) is 28.6 Å². The predicted molar refractivity (Wildman–Crippen MR) is 86.7 cm³/mol. The molecular formula is C16H20N2O2S. The molecule has 0 radical (unpaired) electrons. The number of likely N-dealkylation sites (tertiary alicyclic amines) is 1. The zero-order valence-corrected chi connectivity index (χ0v) is 12.9. The summed E-state index contributed by atoms with van der Waals surface area (Å²) in [4.78, 5) is 15.2. The summed E-state index contributed by atoms with van der Waals surface area (Å²) in [7, 11) is 0. The van der Waals surface area contributed by atoms with Crippen molar-refractivity contribution in [3.63, 3.8) is 0 Å². The normalized spacial score (nSPS) is 16.6. The minimum atomic E-state index is 0.0303. The number of aliphatic hydroxyl groups is 1.